The van der Waals surface area contributed by atoms with Crippen LogP contribution in [0.2, 0.25) is 0 Å². The van der Waals surface area contributed by atoms with Crippen molar-refractivity contribution in [2.75, 3.05) is 13.9 Å². The Morgan fingerprint density at radius 2 is 2.42 bits per heavy atom. The molecule has 1 aromatic heterocycles. The SMILES string of the molecule is COCOc1ccc(C=O)nc1. The molecule has 0 saturated heterocycles. The van der Waals surface area contributed by atoms with Crippen LogP contribution < -0.4 is 4.74 Å². The van der Waals surface area contributed by atoms with Gasteiger partial charge in [0.15, 0.2) is 13.1 Å². The molecule has 0 aliphatic carbocycles. The van der Waals surface area contributed by atoms with Gasteiger partial charge in [-0.3, -0.25) is 4.79 Å². The molecule has 1 rings (SSSR count). The van der Waals surface area contributed by atoms with E-state index in [4.69, 9.17) is 4.74 Å². The largest absolute Gasteiger partial charge is 0.466 e. The van der Waals surface area contributed by atoms with E-state index < -0.39 is 0 Å². The van der Waals surface area contributed by atoms with E-state index in [1.807, 2.05) is 0 Å². The van der Waals surface area contributed by atoms with Gasteiger partial charge in [0, 0.05) is 7.11 Å². The van der Waals surface area contributed by atoms with Crippen LogP contribution >= 0.6 is 0 Å². The maximum Gasteiger partial charge on any atom is 0.188 e. The fourth-order valence-corrected chi connectivity index (χ4v) is 0.674. The highest BCUT2D eigenvalue weighted by atomic mass is 16.7. The number of aromatic nitrogens is 1. The van der Waals surface area contributed by atoms with E-state index >= 15 is 0 Å². The number of methoxy groups -OCH3 is 1. The van der Waals surface area contributed by atoms with Crippen LogP contribution in [0.3, 0.4) is 0 Å². The first-order chi connectivity index (χ1) is 5.86. The van der Waals surface area contributed by atoms with Crippen molar-refractivity contribution in [2.45, 2.75) is 0 Å². The van der Waals surface area contributed by atoms with E-state index in [0.29, 0.717) is 17.7 Å². The Labute approximate surface area is 70.1 Å². The average Bonchev–Trinajstić information content (AvgIpc) is 2.15. The third-order valence-electron chi connectivity index (χ3n) is 1.22. The molecule has 0 fully saturated rings. The van der Waals surface area contributed by atoms with Crippen molar-refractivity contribution in [3.8, 4) is 5.75 Å². The molecule has 0 unspecified atom stereocenters. The number of ether oxygens (including phenoxy) is 2. The standard InChI is InChI=1S/C8H9NO3/c1-11-6-12-8-3-2-7(5-10)9-4-8/h2-5H,6H2,1H3. The van der Waals surface area contributed by atoms with Crippen molar-refractivity contribution in [3.63, 3.8) is 0 Å². The van der Waals surface area contributed by atoms with Crippen molar-refractivity contribution in [3.05, 3.63) is 24.0 Å². The van der Waals surface area contributed by atoms with Crippen molar-refractivity contribution in [2.24, 2.45) is 0 Å². The molecular formula is C8H9NO3. The van der Waals surface area contributed by atoms with E-state index in [1.54, 1.807) is 12.1 Å². The number of pyridine rings is 1. The van der Waals surface area contributed by atoms with Gasteiger partial charge in [-0.15, -0.1) is 0 Å². The molecule has 12 heavy (non-hydrogen) atoms. The maximum atomic E-state index is 10.2. The summed E-state index contributed by atoms with van der Waals surface area (Å²) < 4.78 is 9.74. The summed E-state index contributed by atoms with van der Waals surface area (Å²) in [5, 5.41) is 0. The molecular weight excluding hydrogens is 158 g/mol. The molecule has 0 amide bonds. The lowest BCUT2D eigenvalue weighted by molar-refractivity contribution is 0.0508. The van der Waals surface area contributed by atoms with Gasteiger partial charge in [-0.05, 0) is 12.1 Å². The predicted octanol–water partition coefficient (Wildman–Crippen LogP) is 0.877. The van der Waals surface area contributed by atoms with Crippen molar-refractivity contribution >= 4 is 6.29 Å². The number of hydrogen-bond donors (Lipinski definition) is 0. The smallest absolute Gasteiger partial charge is 0.188 e. The Kier molecular flexibility index (Phi) is 3.22. The maximum absolute atomic E-state index is 10.2. The van der Waals surface area contributed by atoms with E-state index in [2.05, 4.69) is 9.72 Å². The number of hydrogen-bond acceptors (Lipinski definition) is 4. The first-order valence-electron chi connectivity index (χ1n) is 3.40. The number of rotatable bonds is 4. The quantitative estimate of drug-likeness (QED) is 0.493. The lowest BCUT2D eigenvalue weighted by atomic mass is 10.4. The van der Waals surface area contributed by atoms with Crippen LogP contribution in [0.1, 0.15) is 10.5 Å². The van der Waals surface area contributed by atoms with E-state index in [0.717, 1.165) is 0 Å². The second-order valence-electron chi connectivity index (χ2n) is 2.09. The summed E-state index contributed by atoms with van der Waals surface area (Å²) in [5.41, 5.74) is 0.389. The second kappa shape index (κ2) is 4.46. The monoisotopic (exact) mass is 167 g/mol. The molecule has 0 spiro atoms. The molecule has 4 nitrogen and oxygen atoms in total. The summed E-state index contributed by atoms with van der Waals surface area (Å²) in [4.78, 5) is 14.0. The highest BCUT2D eigenvalue weighted by Crippen LogP contribution is 2.07. The van der Waals surface area contributed by atoms with Gasteiger partial charge in [0.2, 0.25) is 0 Å². The lowest BCUT2D eigenvalue weighted by Crippen LogP contribution is -1.99. The molecule has 0 atom stereocenters. The molecule has 0 bridgehead atoms. The van der Waals surface area contributed by atoms with Crippen LogP contribution in [0.4, 0.5) is 0 Å². The van der Waals surface area contributed by atoms with Gasteiger partial charge in [-0.1, -0.05) is 0 Å². The summed E-state index contributed by atoms with van der Waals surface area (Å²) in [7, 11) is 1.53. The zero-order valence-electron chi connectivity index (χ0n) is 6.69. The van der Waals surface area contributed by atoms with E-state index in [1.165, 1.54) is 13.3 Å². The number of carbonyl (C=O) groups excluding carboxylic acids is 1. The summed E-state index contributed by atoms with van der Waals surface area (Å²) in [6, 6.07) is 3.24. The normalized spacial score (nSPS) is 9.42. The average molecular weight is 167 g/mol. The summed E-state index contributed by atoms with van der Waals surface area (Å²) in [6.45, 7) is 0.183. The molecule has 4 heteroatoms. The predicted molar refractivity (Wildman–Crippen MR) is 42.1 cm³/mol. The van der Waals surface area contributed by atoms with Gasteiger partial charge in [-0.2, -0.15) is 0 Å². The molecule has 0 saturated carbocycles. The van der Waals surface area contributed by atoms with Crippen LogP contribution in [-0.4, -0.2) is 25.2 Å². The van der Waals surface area contributed by atoms with Crippen LogP contribution in [0, 0.1) is 0 Å². The first kappa shape index (κ1) is 8.67. The van der Waals surface area contributed by atoms with Crippen LogP contribution in [-0.2, 0) is 4.74 Å². The van der Waals surface area contributed by atoms with Crippen molar-refractivity contribution in [1.82, 2.24) is 4.98 Å². The minimum Gasteiger partial charge on any atom is -0.466 e. The van der Waals surface area contributed by atoms with Crippen LogP contribution in [0.15, 0.2) is 18.3 Å². The van der Waals surface area contributed by atoms with Crippen LogP contribution in [0.5, 0.6) is 5.75 Å². The van der Waals surface area contributed by atoms with Gasteiger partial charge in [0.25, 0.3) is 0 Å². The Bertz CT molecular complexity index is 245. The van der Waals surface area contributed by atoms with Gasteiger partial charge in [0.1, 0.15) is 11.4 Å². The summed E-state index contributed by atoms with van der Waals surface area (Å²) in [5.74, 6) is 0.586. The fraction of sp³-hybridized carbons (Fsp3) is 0.250. The van der Waals surface area contributed by atoms with Crippen molar-refractivity contribution < 1.29 is 14.3 Å². The number of nitrogens with zero attached hydrogens (tertiary/aromatic N) is 1. The van der Waals surface area contributed by atoms with Gasteiger partial charge < -0.3 is 9.47 Å². The van der Waals surface area contributed by atoms with E-state index in [-0.39, 0.29) is 6.79 Å². The molecule has 1 aromatic rings. The minimum atomic E-state index is 0.183. The Hall–Kier alpha value is -1.42. The van der Waals surface area contributed by atoms with E-state index in [9.17, 15) is 4.79 Å². The highest BCUT2D eigenvalue weighted by molar-refractivity contribution is 5.71. The van der Waals surface area contributed by atoms with Gasteiger partial charge in [-0.25, -0.2) is 4.98 Å². The number of carbonyl (C=O) groups is 1. The minimum absolute atomic E-state index is 0.183. The van der Waals surface area contributed by atoms with Crippen LogP contribution in [0.25, 0.3) is 0 Å². The summed E-state index contributed by atoms with van der Waals surface area (Å²) in [6.07, 6.45) is 2.16. The topological polar surface area (TPSA) is 48.4 Å². The molecule has 0 aliphatic rings. The summed E-state index contributed by atoms with van der Waals surface area (Å²) >= 11 is 0. The molecule has 0 aromatic carbocycles. The third kappa shape index (κ3) is 2.32. The molecule has 0 radical (unpaired) electrons. The molecule has 64 valence electrons. The van der Waals surface area contributed by atoms with Crippen molar-refractivity contribution in [1.29, 1.82) is 0 Å². The van der Waals surface area contributed by atoms with Gasteiger partial charge >= 0.3 is 0 Å². The lowest BCUT2D eigenvalue weighted by Gasteiger charge is -2.02. The zero-order chi connectivity index (χ0) is 8.81. The molecule has 1 heterocycles. The Morgan fingerprint density at radius 1 is 1.58 bits per heavy atom. The Balaban J connectivity index is 2.58. The second-order valence-corrected chi connectivity index (χ2v) is 2.09. The Morgan fingerprint density at radius 3 is 2.92 bits per heavy atom. The first-order valence-corrected chi connectivity index (χ1v) is 3.40. The third-order valence-corrected chi connectivity index (χ3v) is 1.22. The zero-order valence-corrected chi connectivity index (χ0v) is 6.69. The molecule has 0 N–H and O–H groups in total. The molecule has 0 aliphatic heterocycles. The highest BCUT2D eigenvalue weighted by Gasteiger charge is 1.93. The fourth-order valence-electron chi connectivity index (χ4n) is 0.674. The van der Waals surface area contributed by atoms with Gasteiger partial charge in [0.05, 0.1) is 6.20 Å². The number of aldehydes is 1.